The quantitative estimate of drug-likeness (QED) is 0.730. The zero-order valence-electron chi connectivity index (χ0n) is 14.8. The number of nitrogens with one attached hydrogen (secondary N) is 1. The van der Waals surface area contributed by atoms with E-state index in [4.69, 9.17) is 4.74 Å². The highest BCUT2D eigenvalue weighted by atomic mass is 16.5. The van der Waals surface area contributed by atoms with Crippen molar-refractivity contribution >= 4 is 0 Å². The highest BCUT2D eigenvalue weighted by Gasteiger charge is 2.33. The zero-order chi connectivity index (χ0) is 15.3. The molecule has 2 saturated carbocycles. The Bertz CT molecular complexity index is 302. The minimum Gasteiger partial charge on any atom is -0.378 e. The fourth-order valence-corrected chi connectivity index (χ4v) is 4.75. The lowest BCUT2D eigenvalue weighted by atomic mass is 9.71. The molecule has 0 saturated heterocycles. The molecule has 0 aromatic heterocycles. The molecule has 0 aromatic carbocycles. The van der Waals surface area contributed by atoms with Crippen molar-refractivity contribution in [3.8, 4) is 0 Å². The van der Waals surface area contributed by atoms with Crippen molar-refractivity contribution in [1.82, 2.24) is 5.32 Å². The summed E-state index contributed by atoms with van der Waals surface area (Å²) < 4.78 is 6.28. The number of hydrogen-bond acceptors (Lipinski definition) is 2. The molecule has 2 rings (SSSR count). The van der Waals surface area contributed by atoms with Crippen molar-refractivity contribution in [2.24, 2.45) is 17.3 Å². The van der Waals surface area contributed by atoms with Gasteiger partial charge in [-0.15, -0.1) is 0 Å². The molecule has 0 aromatic rings. The van der Waals surface area contributed by atoms with E-state index in [1.54, 1.807) is 0 Å². The van der Waals surface area contributed by atoms with Crippen molar-refractivity contribution in [2.45, 2.75) is 91.2 Å². The van der Waals surface area contributed by atoms with E-state index in [0.717, 1.165) is 24.5 Å². The van der Waals surface area contributed by atoms with Crippen LogP contribution in [0.25, 0.3) is 0 Å². The lowest BCUT2D eigenvalue weighted by Crippen LogP contribution is -2.35. The average molecular weight is 296 g/mol. The minimum absolute atomic E-state index is 0.473. The van der Waals surface area contributed by atoms with Gasteiger partial charge in [0.05, 0.1) is 6.10 Å². The monoisotopic (exact) mass is 295 g/mol. The van der Waals surface area contributed by atoms with Gasteiger partial charge in [0.15, 0.2) is 0 Å². The Balaban J connectivity index is 1.68. The first kappa shape index (κ1) is 17.3. The Labute approximate surface area is 132 Å². The van der Waals surface area contributed by atoms with Crippen LogP contribution in [0.5, 0.6) is 0 Å². The highest BCUT2D eigenvalue weighted by molar-refractivity contribution is 4.85. The second-order valence-electron chi connectivity index (χ2n) is 8.45. The van der Waals surface area contributed by atoms with Crippen molar-refractivity contribution in [3.05, 3.63) is 0 Å². The van der Waals surface area contributed by atoms with E-state index in [0.29, 0.717) is 11.5 Å². The van der Waals surface area contributed by atoms with Crippen molar-refractivity contribution in [2.75, 3.05) is 13.2 Å². The molecule has 2 aliphatic rings. The molecule has 0 amide bonds. The van der Waals surface area contributed by atoms with E-state index >= 15 is 0 Å². The fourth-order valence-electron chi connectivity index (χ4n) is 4.75. The summed E-state index contributed by atoms with van der Waals surface area (Å²) in [6.45, 7) is 11.6. The van der Waals surface area contributed by atoms with Crippen molar-refractivity contribution in [1.29, 1.82) is 0 Å². The van der Waals surface area contributed by atoms with E-state index in [1.807, 2.05) is 0 Å². The summed E-state index contributed by atoms with van der Waals surface area (Å²) in [5.74, 6) is 1.68. The molecule has 2 fully saturated rings. The fraction of sp³-hybridized carbons (Fsp3) is 1.00. The number of ether oxygens (including phenoxy) is 1. The van der Waals surface area contributed by atoms with Crippen LogP contribution in [0.1, 0.15) is 79.1 Å². The SMILES string of the molecule is CCCNC1CCCC1CCOC1CC(C)CC(C)(C)C1. The number of hydrogen-bond donors (Lipinski definition) is 1. The van der Waals surface area contributed by atoms with Gasteiger partial charge in [-0.3, -0.25) is 0 Å². The summed E-state index contributed by atoms with van der Waals surface area (Å²) in [5.41, 5.74) is 0.473. The smallest absolute Gasteiger partial charge is 0.0582 e. The summed E-state index contributed by atoms with van der Waals surface area (Å²) in [4.78, 5) is 0. The molecule has 0 bridgehead atoms. The molecule has 2 heteroatoms. The first-order chi connectivity index (χ1) is 10.00. The maximum absolute atomic E-state index is 6.28. The number of rotatable bonds is 7. The van der Waals surface area contributed by atoms with Crippen LogP contribution in [0.3, 0.4) is 0 Å². The minimum atomic E-state index is 0.473. The third-order valence-electron chi connectivity index (χ3n) is 5.50. The van der Waals surface area contributed by atoms with E-state index < -0.39 is 0 Å². The van der Waals surface area contributed by atoms with Crippen LogP contribution in [0.2, 0.25) is 0 Å². The molecular weight excluding hydrogens is 258 g/mol. The molecule has 4 unspecified atom stereocenters. The molecular formula is C19H37NO. The molecule has 2 nitrogen and oxygen atoms in total. The van der Waals surface area contributed by atoms with Crippen LogP contribution in [0.4, 0.5) is 0 Å². The Morgan fingerprint density at radius 3 is 2.71 bits per heavy atom. The summed E-state index contributed by atoms with van der Waals surface area (Å²) in [6.07, 6.45) is 11.1. The summed E-state index contributed by atoms with van der Waals surface area (Å²) in [7, 11) is 0. The molecule has 4 atom stereocenters. The van der Waals surface area contributed by atoms with E-state index in [2.05, 4.69) is 33.0 Å². The van der Waals surface area contributed by atoms with Crippen LogP contribution in [0.15, 0.2) is 0 Å². The molecule has 0 spiro atoms. The Kier molecular flexibility index (Phi) is 6.55. The standard InChI is InChI=1S/C19H37NO/c1-5-10-20-18-8-6-7-16(18)9-11-21-17-12-15(2)13-19(3,4)14-17/h15-18,20H,5-14H2,1-4H3. The first-order valence-electron chi connectivity index (χ1n) is 9.35. The van der Waals surface area contributed by atoms with E-state index in [9.17, 15) is 0 Å². The van der Waals surface area contributed by atoms with Gasteiger partial charge in [-0.1, -0.05) is 34.1 Å². The van der Waals surface area contributed by atoms with Crippen LogP contribution in [-0.2, 0) is 4.74 Å². The van der Waals surface area contributed by atoms with Gasteiger partial charge in [0.2, 0.25) is 0 Å². The summed E-state index contributed by atoms with van der Waals surface area (Å²) in [5, 5.41) is 3.73. The van der Waals surface area contributed by atoms with Gasteiger partial charge in [0, 0.05) is 12.6 Å². The van der Waals surface area contributed by atoms with Gasteiger partial charge in [0.25, 0.3) is 0 Å². The summed E-state index contributed by atoms with van der Waals surface area (Å²) in [6, 6.07) is 0.760. The lowest BCUT2D eigenvalue weighted by Gasteiger charge is -2.39. The molecule has 2 aliphatic carbocycles. The van der Waals surface area contributed by atoms with Gasteiger partial charge in [-0.2, -0.15) is 0 Å². The molecule has 0 aliphatic heterocycles. The third kappa shape index (κ3) is 5.56. The second-order valence-corrected chi connectivity index (χ2v) is 8.45. The normalized spacial score (nSPS) is 36.0. The Morgan fingerprint density at radius 1 is 1.19 bits per heavy atom. The maximum atomic E-state index is 6.28. The zero-order valence-corrected chi connectivity index (χ0v) is 14.8. The molecule has 21 heavy (non-hydrogen) atoms. The van der Waals surface area contributed by atoms with Crippen LogP contribution in [-0.4, -0.2) is 25.3 Å². The topological polar surface area (TPSA) is 21.3 Å². The lowest BCUT2D eigenvalue weighted by molar-refractivity contribution is -0.0276. The first-order valence-corrected chi connectivity index (χ1v) is 9.35. The predicted molar refractivity (Wildman–Crippen MR) is 90.6 cm³/mol. The Hall–Kier alpha value is -0.0800. The van der Waals surface area contributed by atoms with Crippen molar-refractivity contribution in [3.63, 3.8) is 0 Å². The van der Waals surface area contributed by atoms with Gasteiger partial charge in [-0.25, -0.2) is 0 Å². The maximum Gasteiger partial charge on any atom is 0.0582 e. The van der Waals surface area contributed by atoms with E-state index in [1.165, 1.54) is 57.9 Å². The molecule has 0 heterocycles. The largest absolute Gasteiger partial charge is 0.378 e. The van der Waals surface area contributed by atoms with Crippen LogP contribution in [0, 0.1) is 17.3 Å². The Morgan fingerprint density at radius 2 is 2.00 bits per heavy atom. The van der Waals surface area contributed by atoms with Crippen LogP contribution < -0.4 is 5.32 Å². The molecule has 124 valence electrons. The van der Waals surface area contributed by atoms with Gasteiger partial charge in [0.1, 0.15) is 0 Å². The second kappa shape index (κ2) is 7.97. The van der Waals surface area contributed by atoms with Crippen molar-refractivity contribution < 1.29 is 4.74 Å². The van der Waals surface area contributed by atoms with Gasteiger partial charge >= 0.3 is 0 Å². The van der Waals surface area contributed by atoms with Crippen LogP contribution >= 0.6 is 0 Å². The van der Waals surface area contributed by atoms with Gasteiger partial charge in [-0.05, 0) is 68.7 Å². The third-order valence-corrected chi connectivity index (χ3v) is 5.50. The van der Waals surface area contributed by atoms with E-state index in [-0.39, 0.29) is 0 Å². The molecule has 0 radical (unpaired) electrons. The molecule has 1 N–H and O–H groups in total. The predicted octanol–water partition coefficient (Wildman–Crippen LogP) is 4.78. The summed E-state index contributed by atoms with van der Waals surface area (Å²) >= 11 is 0. The van der Waals surface area contributed by atoms with Gasteiger partial charge < -0.3 is 10.1 Å². The average Bonchev–Trinajstić information content (AvgIpc) is 2.81. The highest BCUT2D eigenvalue weighted by Crippen LogP contribution is 2.40.